The molecular weight excluding hydrogens is 786 g/mol. The lowest BCUT2D eigenvalue weighted by Crippen LogP contribution is -2.29. The summed E-state index contributed by atoms with van der Waals surface area (Å²) in [5.74, 6) is -0.929. The summed E-state index contributed by atoms with van der Waals surface area (Å²) in [6.07, 6.45) is 57.1. The van der Waals surface area contributed by atoms with Crippen molar-refractivity contribution in [2.24, 2.45) is 5.73 Å². The fraction of sp³-hybridized carbons (Fsp3) is 0.765. The maximum absolute atomic E-state index is 12.6. The lowest BCUT2D eigenvalue weighted by atomic mass is 10.0. The van der Waals surface area contributed by atoms with Gasteiger partial charge in [-0.2, -0.15) is 0 Å². The average molecular weight is 878 g/mol. The molecule has 0 amide bonds. The molecule has 0 rings (SSSR count). The van der Waals surface area contributed by atoms with Gasteiger partial charge in [0.15, 0.2) is 6.10 Å². The Balaban J connectivity index is 4.15. The molecule has 354 valence electrons. The number of unbranched alkanes of at least 4 members (excludes halogenated alkanes) is 23. The fourth-order valence-corrected chi connectivity index (χ4v) is 7.46. The van der Waals surface area contributed by atoms with E-state index in [4.69, 9.17) is 24.3 Å². The highest BCUT2D eigenvalue weighted by Gasteiger charge is 2.26. The molecule has 0 aliphatic rings. The van der Waals surface area contributed by atoms with Gasteiger partial charge in [0, 0.05) is 19.4 Å². The minimum atomic E-state index is -4.40. The van der Waals surface area contributed by atoms with Crippen molar-refractivity contribution in [1.29, 1.82) is 0 Å². The summed E-state index contributed by atoms with van der Waals surface area (Å²) >= 11 is 0. The van der Waals surface area contributed by atoms with E-state index >= 15 is 0 Å². The zero-order valence-corrected chi connectivity index (χ0v) is 40.0. The van der Waals surface area contributed by atoms with Crippen LogP contribution in [-0.2, 0) is 32.7 Å². The summed E-state index contributed by atoms with van der Waals surface area (Å²) in [6.45, 7) is 3.63. The fourth-order valence-electron chi connectivity index (χ4n) is 6.69. The smallest absolute Gasteiger partial charge is 0.462 e. The Morgan fingerprint density at radius 3 is 1.31 bits per heavy atom. The van der Waals surface area contributed by atoms with E-state index in [1.807, 2.05) is 6.08 Å². The first-order valence-corrected chi connectivity index (χ1v) is 26.3. The molecule has 1 unspecified atom stereocenters. The standard InChI is InChI=1S/C51H92NO8P/c1-3-5-7-9-11-13-15-17-19-21-22-23-24-25-26-28-30-32-34-36-38-40-42-44-51(54)60-49(48-59-61(55,56)58-46-45-52)47-57-50(53)43-41-39-37-35-33-31-29-27-20-18-16-14-12-10-8-6-4-2/h12,14,18,20,29,31,35-38,49H,3-11,13,15-17,19,21-28,30,32-34,39-48,52H2,1-2H3,(H,55,56)/b14-12+,20-18+,31-29+,37-35+,38-36+/t49-/m1/s1. The molecule has 0 aromatic carbocycles. The summed E-state index contributed by atoms with van der Waals surface area (Å²) in [5, 5.41) is 0. The van der Waals surface area contributed by atoms with Gasteiger partial charge in [0.25, 0.3) is 0 Å². The molecule has 0 radical (unpaired) electrons. The van der Waals surface area contributed by atoms with Crippen LogP contribution in [0.3, 0.4) is 0 Å². The van der Waals surface area contributed by atoms with Crippen molar-refractivity contribution in [2.45, 2.75) is 225 Å². The summed E-state index contributed by atoms with van der Waals surface area (Å²) in [4.78, 5) is 34.9. The number of carbonyl (C=O) groups excluding carboxylic acids is 2. The van der Waals surface area contributed by atoms with E-state index in [1.165, 1.54) is 141 Å². The summed E-state index contributed by atoms with van der Waals surface area (Å²) in [5.41, 5.74) is 5.35. The third-order valence-electron chi connectivity index (χ3n) is 10.4. The number of esters is 2. The first-order valence-electron chi connectivity index (χ1n) is 24.8. The van der Waals surface area contributed by atoms with Gasteiger partial charge < -0.3 is 20.1 Å². The number of ether oxygens (including phenoxy) is 2. The van der Waals surface area contributed by atoms with Crippen molar-refractivity contribution in [2.75, 3.05) is 26.4 Å². The molecule has 0 spiro atoms. The van der Waals surface area contributed by atoms with Gasteiger partial charge in [0.2, 0.25) is 0 Å². The number of phosphoric ester groups is 1. The molecule has 0 aromatic heterocycles. The van der Waals surface area contributed by atoms with Crippen LogP contribution in [0.4, 0.5) is 0 Å². The van der Waals surface area contributed by atoms with Crippen LogP contribution in [0.1, 0.15) is 219 Å². The predicted octanol–water partition coefficient (Wildman–Crippen LogP) is 14.8. The van der Waals surface area contributed by atoms with Crippen molar-refractivity contribution in [3.63, 3.8) is 0 Å². The van der Waals surface area contributed by atoms with Gasteiger partial charge >= 0.3 is 19.8 Å². The van der Waals surface area contributed by atoms with Gasteiger partial charge in [-0.1, -0.05) is 197 Å². The van der Waals surface area contributed by atoms with Crippen molar-refractivity contribution >= 4 is 19.8 Å². The molecule has 2 atom stereocenters. The number of phosphoric acid groups is 1. The highest BCUT2D eigenvalue weighted by molar-refractivity contribution is 7.47. The molecule has 0 saturated heterocycles. The molecular formula is C51H92NO8P. The summed E-state index contributed by atoms with van der Waals surface area (Å²) < 4.78 is 32.8. The van der Waals surface area contributed by atoms with Crippen molar-refractivity contribution in [3.8, 4) is 0 Å². The third-order valence-corrected chi connectivity index (χ3v) is 11.4. The van der Waals surface area contributed by atoms with E-state index in [0.29, 0.717) is 12.8 Å². The van der Waals surface area contributed by atoms with Crippen LogP contribution in [0.25, 0.3) is 0 Å². The van der Waals surface area contributed by atoms with Crippen molar-refractivity contribution in [1.82, 2.24) is 0 Å². The Morgan fingerprint density at radius 2 is 0.852 bits per heavy atom. The number of nitrogens with two attached hydrogens (primary N) is 1. The van der Waals surface area contributed by atoms with Gasteiger partial charge in [-0.05, 0) is 70.6 Å². The van der Waals surface area contributed by atoms with E-state index in [0.717, 1.165) is 38.5 Å². The van der Waals surface area contributed by atoms with E-state index in [2.05, 4.69) is 68.5 Å². The first kappa shape index (κ1) is 58.7. The SMILES string of the molecule is CCCCC/C=C/C/C=C/C/C=C/C/C=C/CCCC(=O)OC[C@H](COP(=O)(O)OCCN)OC(=O)CCC/C=C/CCCCCCCCCCCCCCCCCCCC. The molecule has 3 N–H and O–H groups in total. The molecule has 0 fully saturated rings. The van der Waals surface area contributed by atoms with E-state index < -0.39 is 32.5 Å². The first-order chi connectivity index (χ1) is 29.8. The Hall–Kier alpha value is -2.29. The lowest BCUT2D eigenvalue weighted by Gasteiger charge is -2.19. The normalized spacial score (nSPS) is 13.7. The van der Waals surface area contributed by atoms with Gasteiger partial charge in [0.1, 0.15) is 6.61 Å². The second kappa shape index (κ2) is 47.2. The van der Waals surface area contributed by atoms with Crippen LogP contribution in [0.5, 0.6) is 0 Å². The van der Waals surface area contributed by atoms with Crippen molar-refractivity contribution < 1.29 is 37.6 Å². The Kier molecular flexibility index (Phi) is 45.4. The molecule has 0 bridgehead atoms. The number of hydrogen-bond donors (Lipinski definition) is 2. The van der Waals surface area contributed by atoms with Crippen LogP contribution in [0.2, 0.25) is 0 Å². The van der Waals surface area contributed by atoms with Gasteiger partial charge in [0.05, 0.1) is 13.2 Å². The van der Waals surface area contributed by atoms with Gasteiger partial charge in [-0.15, -0.1) is 0 Å². The monoisotopic (exact) mass is 878 g/mol. The van der Waals surface area contributed by atoms with Crippen LogP contribution >= 0.6 is 7.82 Å². The topological polar surface area (TPSA) is 134 Å². The quantitative estimate of drug-likeness (QED) is 0.0265. The minimum absolute atomic E-state index is 0.0407. The lowest BCUT2D eigenvalue weighted by molar-refractivity contribution is -0.161. The predicted molar refractivity (Wildman–Crippen MR) is 256 cm³/mol. The Bertz CT molecular complexity index is 1180. The number of carbonyl (C=O) groups is 2. The molecule has 0 aromatic rings. The number of rotatable bonds is 46. The van der Waals surface area contributed by atoms with Gasteiger partial charge in [-0.25, -0.2) is 4.57 Å². The Morgan fingerprint density at radius 1 is 0.492 bits per heavy atom. The van der Waals surface area contributed by atoms with E-state index in [9.17, 15) is 19.0 Å². The maximum Gasteiger partial charge on any atom is 0.472 e. The van der Waals surface area contributed by atoms with E-state index in [-0.39, 0.29) is 32.6 Å². The second-order valence-electron chi connectivity index (χ2n) is 16.3. The zero-order chi connectivity index (χ0) is 44.6. The van der Waals surface area contributed by atoms with Crippen LogP contribution in [0.15, 0.2) is 60.8 Å². The second-order valence-corrected chi connectivity index (χ2v) is 17.8. The van der Waals surface area contributed by atoms with Crippen LogP contribution in [-0.4, -0.2) is 49.3 Å². The Labute approximate surface area is 374 Å². The highest BCUT2D eigenvalue weighted by atomic mass is 31.2. The minimum Gasteiger partial charge on any atom is -0.462 e. The largest absolute Gasteiger partial charge is 0.472 e. The number of allylic oxidation sites excluding steroid dienone is 10. The maximum atomic E-state index is 12.6. The third kappa shape index (κ3) is 47.0. The summed E-state index contributed by atoms with van der Waals surface area (Å²) in [6, 6.07) is 0. The number of hydrogen-bond acceptors (Lipinski definition) is 8. The summed E-state index contributed by atoms with van der Waals surface area (Å²) in [7, 11) is -4.40. The van der Waals surface area contributed by atoms with Gasteiger partial charge in [-0.3, -0.25) is 18.6 Å². The molecule has 61 heavy (non-hydrogen) atoms. The molecule has 0 heterocycles. The highest BCUT2D eigenvalue weighted by Crippen LogP contribution is 2.43. The molecule has 0 aliphatic carbocycles. The molecule has 9 nitrogen and oxygen atoms in total. The van der Waals surface area contributed by atoms with Crippen LogP contribution in [0, 0.1) is 0 Å². The van der Waals surface area contributed by atoms with Crippen LogP contribution < -0.4 is 5.73 Å². The average Bonchev–Trinajstić information content (AvgIpc) is 3.25. The molecule has 0 aliphatic heterocycles. The van der Waals surface area contributed by atoms with E-state index in [1.54, 1.807) is 0 Å². The van der Waals surface area contributed by atoms with Crippen molar-refractivity contribution in [3.05, 3.63) is 60.8 Å². The zero-order valence-electron chi connectivity index (χ0n) is 39.1. The molecule has 10 heteroatoms. The molecule has 0 saturated carbocycles.